The lowest BCUT2D eigenvalue weighted by Gasteiger charge is -2.27. The number of amides is 1. The summed E-state index contributed by atoms with van der Waals surface area (Å²) in [7, 11) is 0. The summed E-state index contributed by atoms with van der Waals surface area (Å²) in [6.45, 7) is 2.56. The minimum Gasteiger partial charge on any atom is -0.343 e. The molecule has 0 radical (unpaired) electrons. The zero-order valence-electron chi connectivity index (χ0n) is 14.2. The summed E-state index contributed by atoms with van der Waals surface area (Å²) in [5, 5.41) is 3.57. The van der Waals surface area contributed by atoms with Gasteiger partial charge < -0.3 is 10.2 Å². The molecule has 2 aromatic carbocycles. The number of carbonyl (C=O) groups excluding carboxylic acids is 1. The molecule has 24 heavy (non-hydrogen) atoms. The van der Waals surface area contributed by atoms with E-state index in [2.05, 4.69) is 53.8 Å². The fraction of sp³-hybridized carbons (Fsp3) is 0.381. The van der Waals surface area contributed by atoms with Crippen molar-refractivity contribution in [1.29, 1.82) is 0 Å². The highest BCUT2D eigenvalue weighted by atomic mass is 16.2. The van der Waals surface area contributed by atoms with E-state index in [0.29, 0.717) is 13.0 Å². The van der Waals surface area contributed by atoms with E-state index in [4.69, 9.17) is 0 Å². The molecule has 0 bridgehead atoms. The van der Waals surface area contributed by atoms with Crippen molar-refractivity contribution < 1.29 is 4.79 Å². The van der Waals surface area contributed by atoms with Crippen LogP contribution >= 0.6 is 0 Å². The lowest BCUT2D eigenvalue weighted by Crippen LogP contribution is -2.37. The second-order valence-electron chi connectivity index (χ2n) is 6.40. The lowest BCUT2D eigenvalue weighted by atomic mass is 9.98. The van der Waals surface area contributed by atoms with Gasteiger partial charge in [0.05, 0.1) is 6.04 Å². The molecule has 0 aromatic heterocycles. The Morgan fingerprint density at radius 2 is 1.42 bits per heavy atom. The predicted molar refractivity (Wildman–Crippen MR) is 97.8 cm³/mol. The lowest BCUT2D eigenvalue weighted by molar-refractivity contribution is -0.131. The average Bonchev–Trinajstić information content (AvgIpc) is 2.67. The smallest absolute Gasteiger partial charge is 0.223 e. The molecule has 3 nitrogen and oxygen atoms in total. The molecule has 126 valence electrons. The Hall–Kier alpha value is -2.13. The Morgan fingerprint density at radius 1 is 0.875 bits per heavy atom. The van der Waals surface area contributed by atoms with Gasteiger partial charge in [-0.05, 0) is 30.4 Å². The highest BCUT2D eigenvalue weighted by Crippen LogP contribution is 2.21. The van der Waals surface area contributed by atoms with Gasteiger partial charge in [0, 0.05) is 26.1 Å². The molecule has 0 spiro atoms. The minimum absolute atomic E-state index is 0.126. The van der Waals surface area contributed by atoms with Crippen LogP contribution < -0.4 is 5.32 Å². The van der Waals surface area contributed by atoms with Crippen molar-refractivity contribution in [1.82, 2.24) is 10.2 Å². The first-order valence-electron chi connectivity index (χ1n) is 8.95. The van der Waals surface area contributed by atoms with Gasteiger partial charge in [-0.1, -0.05) is 60.7 Å². The number of hydrogen-bond acceptors (Lipinski definition) is 2. The first-order chi connectivity index (χ1) is 11.8. The normalized spacial score (nSPS) is 14.8. The summed E-state index contributed by atoms with van der Waals surface area (Å²) in [5.74, 6) is 0.280. The van der Waals surface area contributed by atoms with E-state index in [1.165, 1.54) is 17.5 Å². The third kappa shape index (κ3) is 4.45. The predicted octanol–water partition coefficient (Wildman–Crippen LogP) is 3.77. The fourth-order valence-electron chi connectivity index (χ4n) is 3.34. The molecule has 1 fully saturated rings. The molecule has 0 aliphatic carbocycles. The number of nitrogens with zero attached hydrogens (tertiary/aromatic N) is 1. The first-order valence-corrected chi connectivity index (χ1v) is 8.95. The maximum Gasteiger partial charge on any atom is 0.223 e. The van der Waals surface area contributed by atoms with E-state index in [-0.39, 0.29) is 11.9 Å². The molecule has 1 aliphatic rings. The standard InChI is InChI=1S/C21H26N2O/c24-20(23-16-8-3-9-17-23)14-15-22-21(18-10-4-1-5-11-18)19-12-6-2-7-13-19/h1-2,4-7,10-13,21-22H,3,8-9,14-17H2. The van der Waals surface area contributed by atoms with E-state index in [9.17, 15) is 4.79 Å². The number of piperidine rings is 1. The average molecular weight is 322 g/mol. The summed E-state index contributed by atoms with van der Waals surface area (Å²) in [5.41, 5.74) is 2.46. The monoisotopic (exact) mass is 322 g/mol. The number of nitrogens with one attached hydrogen (secondary N) is 1. The highest BCUT2D eigenvalue weighted by molar-refractivity contribution is 5.76. The Kier molecular flexibility index (Phi) is 6.02. The van der Waals surface area contributed by atoms with Crippen molar-refractivity contribution in [3.8, 4) is 0 Å². The van der Waals surface area contributed by atoms with Crippen molar-refractivity contribution in [2.75, 3.05) is 19.6 Å². The van der Waals surface area contributed by atoms with Gasteiger partial charge >= 0.3 is 0 Å². The van der Waals surface area contributed by atoms with Crippen molar-refractivity contribution in [3.63, 3.8) is 0 Å². The SMILES string of the molecule is O=C(CCNC(c1ccccc1)c1ccccc1)N1CCCCC1. The number of hydrogen-bond donors (Lipinski definition) is 1. The summed E-state index contributed by atoms with van der Waals surface area (Å²) < 4.78 is 0. The van der Waals surface area contributed by atoms with Gasteiger partial charge in [-0.25, -0.2) is 0 Å². The molecule has 1 heterocycles. The van der Waals surface area contributed by atoms with Crippen LogP contribution in [0.4, 0.5) is 0 Å². The van der Waals surface area contributed by atoms with Gasteiger partial charge in [-0.15, -0.1) is 0 Å². The van der Waals surface area contributed by atoms with Gasteiger partial charge in [0.15, 0.2) is 0 Å². The maximum atomic E-state index is 12.3. The second kappa shape index (κ2) is 8.65. The van der Waals surface area contributed by atoms with Gasteiger partial charge in [0.25, 0.3) is 0 Å². The van der Waals surface area contributed by atoms with E-state index in [0.717, 1.165) is 25.9 Å². The highest BCUT2D eigenvalue weighted by Gasteiger charge is 2.17. The molecule has 0 saturated carbocycles. The van der Waals surface area contributed by atoms with Crippen LogP contribution in [-0.4, -0.2) is 30.4 Å². The molecule has 1 amide bonds. The molecule has 1 saturated heterocycles. The summed E-state index contributed by atoms with van der Waals surface area (Å²) in [4.78, 5) is 14.4. The van der Waals surface area contributed by atoms with E-state index >= 15 is 0 Å². The molecule has 1 N–H and O–H groups in total. The maximum absolute atomic E-state index is 12.3. The Bertz CT molecular complexity index is 581. The number of rotatable bonds is 6. The van der Waals surface area contributed by atoms with Crippen LogP contribution in [0.25, 0.3) is 0 Å². The second-order valence-corrected chi connectivity index (χ2v) is 6.40. The van der Waals surface area contributed by atoms with Crippen LogP contribution in [0.15, 0.2) is 60.7 Å². The van der Waals surface area contributed by atoms with E-state index in [1.54, 1.807) is 0 Å². The topological polar surface area (TPSA) is 32.3 Å². The van der Waals surface area contributed by atoms with Crippen LogP contribution in [0.2, 0.25) is 0 Å². The van der Waals surface area contributed by atoms with Gasteiger partial charge in [-0.3, -0.25) is 4.79 Å². The number of likely N-dealkylation sites (tertiary alicyclic amines) is 1. The van der Waals surface area contributed by atoms with Crippen molar-refractivity contribution in [2.24, 2.45) is 0 Å². The molecular formula is C21H26N2O. The summed E-state index contributed by atoms with van der Waals surface area (Å²) in [6.07, 6.45) is 4.12. The molecule has 3 heteroatoms. The van der Waals surface area contributed by atoms with Crippen LogP contribution in [0, 0.1) is 0 Å². The largest absolute Gasteiger partial charge is 0.343 e. The number of benzene rings is 2. The molecule has 0 unspecified atom stereocenters. The molecule has 2 aromatic rings. The van der Waals surface area contributed by atoms with Crippen LogP contribution in [0.5, 0.6) is 0 Å². The molecule has 0 atom stereocenters. The van der Waals surface area contributed by atoms with Crippen LogP contribution in [0.3, 0.4) is 0 Å². The fourth-order valence-corrected chi connectivity index (χ4v) is 3.34. The molecular weight excluding hydrogens is 296 g/mol. The van der Waals surface area contributed by atoms with Crippen molar-refractivity contribution >= 4 is 5.91 Å². The minimum atomic E-state index is 0.126. The Labute approximate surface area is 144 Å². The van der Waals surface area contributed by atoms with E-state index in [1.807, 2.05) is 17.0 Å². The Morgan fingerprint density at radius 3 is 1.96 bits per heavy atom. The van der Waals surface area contributed by atoms with Crippen molar-refractivity contribution in [3.05, 3.63) is 71.8 Å². The zero-order chi connectivity index (χ0) is 16.6. The van der Waals surface area contributed by atoms with Crippen molar-refractivity contribution in [2.45, 2.75) is 31.7 Å². The van der Waals surface area contributed by atoms with E-state index < -0.39 is 0 Å². The third-order valence-corrected chi connectivity index (χ3v) is 4.66. The van der Waals surface area contributed by atoms with Gasteiger partial charge in [0.1, 0.15) is 0 Å². The molecule has 1 aliphatic heterocycles. The quantitative estimate of drug-likeness (QED) is 0.878. The molecule has 3 rings (SSSR count). The summed E-state index contributed by atoms with van der Waals surface area (Å²) in [6, 6.07) is 21.0. The summed E-state index contributed by atoms with van der Waals surface area (Å²) >= 11 is 0. The Balaban J connectivity index is 1.61. The number of carbonyl (C=O) groups is 1. The first kappa shape index (κ1) is 16.7. The van der Waals surface area contributed by atoms with Crippen LogP contribution in [0.1, 0.15) is 42.9 Å². The zero-order valence-corrected chi connectivity index (χ0v) is 14.2. The van der Waals surface area contributed by atoms with Gasteiger partial charge in [-0.2, -0.15) is 0 Å². The van der Waals surface area contributed by atoms with Crippen LogP contribution in [-0.2, 0) is 4.79 Å². The van der Waals surface area contributed by atoms with Gasteiger partial charge in [0.2, 0.25) is 5.91 Å². The third-order valence-electron chi connectivity index (χ3n) is 4.66.